The number of benzene rings is 1. The Labute approximate surface area is 141 Å². The van der Waals surface area contributed by atoms with Gasteiger partial charge in [-0.25, -0.2) is 0 Å². The van der Waals surface area contributed by atoms with Gasteiger partial charge in [-0.1, -0.05) is 19.1 Å². The summed E-state index contributed by atoms with van der Waals surface area (Å²) >= 11 is 0. The maximum atomic E-state index is 12.8. The number of rotatable bonds is 6. The summed E-state index contributed by atoms with van der Waals surface area (Å²) in [4.78, 5) is 12.8. The molecule has 2 rings (SSSR count). The summed E-state index contributed by atoms with van der Waals surface area (Å²) in [5.74, 6) is 0.542. The zero-order valence-corrected chi connectivity index (χ0v) is 14.4. The van der Waals surface area contributed by atoms with Gasteiger partial charge in [0, 0.05) is 19.9 Å². The average Bonchev–Trinajstić information content (AvgIpc) is 2.58. The van der Waals surface area contributed by atoms with Crippen LogP contribution in [0.15, 0.2) is 30.3 Å². The lowest BCUT2D eigenvalue weighted by molar-refractivity contribution is -0.619. The van der Waals surface area contributed by atoms with E-state index >= 15 is 0 Å². The van der Waals surface area contributed by atoms with E-state index in [1.54, 1.807) is 38.1 Å². The summed E-state index contributed by atoms with van der Waals surface area (Å²) in [6.45, 7) is 5.73. The summed E-state index contributed by atoms with van der Waals surface area (Å²) in [6.07, 6.45) is 0.804. The fourth-order valence-corrected chi connectivity index (χ4v) is 2.40. The van der Waals surface area contributed by atoms with Crippen molar-refractivity contribution < 1.29 is 19.0 Å². The molecule has 0 saturated carbocycles. The predicted molar refractivity (Wildman–Crippen MR) is 91.6 cm³/mol. The number of carbonyl (C=O) groups is 1. The molecule has 1 aromatic heterocycles. The lowest BCUT2D eigenvalue weighted by Crippen LogP contribution is -2.37. The van der Waals surface area contributed by atoms with Crippen LogP contribution in [-0.4, -0.2) is 19.6 Å². The van der Waals surface area contributed by atoms with Crippen LogP contribution in [0.3, 0.4) is 0 Å². The summed E-state index contributed by atoms with van der Waals surface area (Å²) in [5, 5.41) is 14.9. The number of para-hydroxylation sites is 2. The molecule has 0 spiro atoms. The SMILES string of the molecule is CCCOc1cc(C)[n+]([O-])c(C)c1C(=O)Nc1ccccc1OC. The van der Waals surface area contributed by atoms with E-state index in [-0.39, 0.29) is 5.56 Å². The van der Waals surface area contributed by atoms with E-state index in [9.17, 15) is 10.0 Å². The van der Waals surface area contributed by atoms with Crippen LogP contribution in [-0.2, 0) is 0 Å². The summed E-state index contributed by atoms with van der Waals surface area (Å²) in [7, 11) is 1.53. The van der Waals surface area contributed by atoms with E-state index in [1.807, 2.05) is 13.0 Å². The Kier molecular flexibility index (Phi) is 5.63. The quantitative estimate of drug-likeness (QED) is 0.653. The number of methoxy groups -OCH3 is 1. The Morgan fingerprint density at radius 3 is 2.62 bits per heavy atom. The largest absolute Gasteiger partial charge is 0.618 e. The summed E-state index contributed by atoms with van der Waals surface area (Å²) in [5.41, 5.74) is 1.54. The Morgan fingerprint density at radius 1 is 1.25 bits per heavy atom. The number of pyridine rings is 1. The molecule has 0 unspecified atom stereocenters. The van der Waals surface area contributed by atoms with Crippen LogP contribution >= 0.6 is 0 Å². The van der Waals surface area contributed by atoms with Gasteiger partial charge in [-0.3, -0.25) is 4.79 Å². The molecule has 24 heavy (non-hydrogen) atoms. The van der Waals surface area contributed by atoms with Gasteiger partial charge in [0.15, 0.2) is 5.69 Å². The number of ether oxygens (including phenoxy) is 2. The minimum atomic E-state index is -0.410. The fourth-order valence-electron chi connectivity index (χ4n) is 2.40. The molecule has 0 fully saturated rings. The first-order valence-electron chi connectivity index (χ1n) is 7.80. The van der Waals surface area contributed by atoms with Crippen molar-refractivity contribution in [2.45, 2.75) is 27.2 Å². The molecule has 0 aliphatic heterocycles. The van der Waals surface area contributed by atoms with E-state index in [0.717, 1.165) is 11.2 Å². The van der Waals surface area contributed by atoms with E-state index in [1.165, 1.54) is 7.11 Å². The Balaban J connectivity index is 2.42. The van der Waals surface area contributed by atoms with Gasteiger partial charge in [-0.2, -0.15) is 4.73 Å². The average molecular weight is 330 g/mol. The van der Waals surface area contributed by atoms with E-state index in [0.29, 0.717) is 35.2 Å². The number of amides is 1. The van der Waals surface area contributed by atoms with Gasteiger partial charge in [0.1, 0.15) is 17.1 Å². The van der Waals surface area contributed by atoms with Crippen LogP contribution in [0, 0.1) is 19.1 Å². The van der Waals surface area contributed by atoms with Gasteiger partial charge >= 0.3 is 0 Å². The lowest BCUT2D eigenvalue weighted by atomic mass is 10.1. The highest BCUT2D eigenvalue weighted by Crippen LogP contribution is 2.27. The van der Waals surface area contributed by atoms with Gasteiger partial charge in [0.2, 0.25) is 5.69 Å². The highest BCUT2D eigenvalue weighted by atomic mass is 16.5. The van der Waals surface area contributed by atoms with Gasteiger partial charge in [0.05, 0.1) is 19.4 Å². The molecule has 1 aromatic carbocycles. The number of nitrogens with one attached hydrogen (secondary N) is 1. The molecule has 0 bridgehead atoms. The Bertz CT molecular complexity index is 744. The van der Waals surface area contributed by atoms with Crippen molar-refractivity contribution in [3.05, 3.63) is 52.5 Å². The van der Waals surface area contributed by atoms with Crippen LogP contribution in [0.5, 0.6) is 11.5 Å². The second kappa shape index (κ2) is 7.68. The molecule has 1 amide bonds. The van der Waals surface area contributed by atoms with Crippen LogP contribution in [0.25, 0.3) is 0 Å². The molecule has 2 aromatic rings. The van der Waals surface area contributed by atoms with Crippen molar-refractivity contribution >= 4 is 11.6 Å². The molecule has 0 saturated heterocycles. The number of nitrogens with zero attached hydrogens (tertiary/aromatic N) is 1. The van der Waals surface area contributed by atoms with Crippen LogP contribution < -0.4 is 19.5 Å². The molecule has 0 radical (unpaired) electrons. The van der Waals surface area contributed by atoms with Crippen molar-refractivity contribution in [2.24, 2.45) is 0 Å². The van der Waals surface area contributed by atoms with Gasteiger partial charge in [0.25, 0.3) is 5.91 Å². The monoisotopic (exact) mass is 330 g/mol. The molecular formula is C18H22N2O4. The maximum Gasteiger partial charge on any atom is 0.266 e. The third kappa shape index (κ3) is 3.59. The van der Waals surface area contributed by atoms with Crippen molar-refractivity contribution in [1.82, 2.24) is 0 Å². The third-order valence-electron chi connectivity index (χ3n) is 3.62. The molecule has 6 heteroatoms. The minimum absolute atomic E-state index is 0.231. The van der Waals surface area contributed by atoms with Crippen molar-refractivity contribution in [1.29, 1.82) is 0 Å². The zero-order valence-electron chi connectivity index (χ0n) is 14.4. The molecule has 1 heterocycles. The number of hydrogen-bond donors (Lipinski definition) is 1. The van der Waals surface area contributed by atoms with Crippen LogP contribution in [0.4, 0.5) is 5.69 Å². The Morgan fingerprint density at radius 2 is 1.96 bits per heavy atom. The maximum absolute atomic E-state index is 12.8. The lowest BCUT2D eigenvalue weighted by Gasteiger charge is -2.16. The third-order valence-corrected chi connectivity index (χ3v) is 3.62. The molecule has 1 N–H and O–H groups in total. The summed E-state index contributed by atoms with van der Waals surface area (Å²) < 4.78 is 11.6. The number of carbonyl (C=O) groups excluding carboxylic acids is 1. The van der Waals surface area contributed by atoms with Gasteiger partial charge in [-0.15, -0.1) is 0 Å². The minimum Gasteiger partial charge on any atom is -0.618 e. The Hall–Kier alpha value is -2.76. The fraction of sp³-hybridized carbons (Fsp3) is 0.333. The van der Waals surface area contributed by atoms with E-state index in [2.05, 4.69) is 5.32 Å². The second-order valence-corrected chi connectivity index (χ2v) is 5.41. The first-order valence-corrected chi connectivity index (χ1v) is 7.80. The molecular weight excluding hydrogens is 308 g/mol. The highest BCUT2D eigenvalue weighted by molar-refractivity contribution is 6.07. The highest BCUT2D eigenvalue weighted by Gasteiger charge is 2.24. The normalized spacial score (nSPS) is 10.3. The first kappa shape index (κ1) is 17.6. The number of anilines is 1. The van der Waals surface area contributed by atoms with Gasteiger partial charge in [-0.05, 0) is 18.6 Å². The van der Waals surface area contributed by atoms with Crippen molar-refractivity contribution in [3.63, 3.8) is 0 Å². The number of aryl methyl sites for hydroxylation is 1. The van der Waals surface area contributed by atoms with E-state index in [4.69, 9.17) is 9.47 Å². The standard InChI is InChI=1S/C18H22N2O4/c1-5-10-24-16-11-12(2)20(22)13(3)17(16)18(21)19-14-8-6-7-9-15(14)23-4/h6-9,11H,5,10H2,1-4H3,(H,19,21). The van der Waals surface area contributed by atoms with Gasteiger partial charge < -0.3 is 20.0 Å². The topological polar surface area (TPSA) is 74.5 Å². The molecule has 0 aliphatic rings. The molecule has 6 nitrogen and oxygen atoms in total. The summed E-state index contributed by atoms with van der Waals surface area (Å²) in [6, 6.07) is 8.68. The van der Waals surface area contributed by atoms with Crippen LogP contribution in [0.1, 0.15) is 35.1 Å². The van der Waals surface area contributed by atoms with Crippen molar-refractivity contribution in [3.8, 4) is 11.5 Å². The van der Waals surface area contributed by atoms with E-state index < -0.39 is 5.91 Å². The molecule has 0 atom stereocenters. The zero-order chi connectivity index (χ0) is 17.7. The molecule has 128 valence electrons. The predicted octanol–water partition coefficient (Wildman–Crippen LogP) is 2.99. The van der Waals surface area contributed by atoms with Crippen LogP contribution in [0.2, 0.25) is 0 Å². The van der Waals surface area contributed by atoms with Crippen molar-refractivity contribution in [2.75, 3.05) is 19.0 Å². The molecule has 0 aliphatic carbocycles. The first-order chi connectivity index (χ1) is 11.5. The smallest absolute Gasteiger partial charge is 0.266 e. The number of hydrogen-bond acceptors (Lipinski definition) is 4. The second-order valence-electron chi connectivity index (χ2n) is 5.41. The number of aromatic nitrogens is 1.